The first-order valence-corrected chi connectivity index (χ1v) is 36.7. The van der Waals surface area contributed by atoms with E-state index in [1.54, 1.807) is 6.92 Å². The summed E-state index contributed by atoms with van der Waals surface area (Å²) in [6.45, 7) is 13.8. The summed E-state index contributed by atoms with van der Waals surface area (Å²) in [5.41, 5.74) is 0. The van der Waals surface area contributed by atoms with Crippen molar-refractivity contribution in [2.75, 3.05) is 25.1 Å². The Morgan fingerprint density at radius 3 is 1.27 bits per heavy atom. The van der Waals surface area contributed by atoms with Gasteiger partial charge in [0, 0.05) is 69.4 Å². The number of aliphatic hydroxyl groups is 2. The second-order valence-corrected chi connectivity index (χ2v) is 32.6. The van der Waals surface area contributed by atoms with Crippen LogP contribution in [0.15, 0.2) is 24.3 Å². The molecule has 0 spiro atoms. The Balaban J connectivity index is -0.0000000817. The van der Waals surface area contributed by atoms with Crippen molar-refractivity contribution in [3.05, 3.63) is 31.7 Å². The molecule has 0 aliphatic carbocycles. The number of carboxylic acid groups (broad SMARTS) is 1. The van der Waals surface area contributed by atoms with E-state index in [9.17, 15) is 14.4 Å². The maximum atomic E-state index is 11.1. The van der Waals surface area contributed by atoms with Crippen LogP contribution in [0.3, 0.4) is 0 Å². The molecule has 81 heavy (non-hydrogen) atoms. The molecule has 0 saturated carbocycles. The smallest absolute Gasteiger partial charge is 0.481 e. The van der Waals surface area contributed by atoms with Crippen molar-refractivity contribution in [3.8, 4) is 59.2 Å². The first-order valence-electron chi connectivity index (χ1n) is 33.0. The Labute approximate surface area is 582 Å². The van der Waals surface area contributed by atoms with Crippen LogP contribution in [-0.4, -0.2) is 72.3 Å². The number of alkyl halides is 1. The summed E-state index contributed by atoms with van der Waals surface area (Å²) in [7, 11) is -3.00. The predicted molar refractivity (Wildman–Crippen MR) is 374 cm³/mol. The Morgan fingerprint density at radius 1 is 0.556 bits per heavy atom. The molecular weight excluding hydrogens is 1350 g/mol. The van der Waals surface area contributed by atoms with Crippen LogP contribution in [-0.2, 0) is 35.6 Å². The van der Waals surface area contributed by atoms with Crippen molar-refractivity contribution >= 4 is 92.9 Å². The summed E-state index contributed by atoms with van der Waals surface area (Å²) in [4.78, 5) is 31.1. The molecule has 0 fully saturated rings. The van der Waals surface area contributed by atoms with Crippen molar-refractivity contribution in [2.24, 2.45) is 0 Å². The molecule has 4 atom stereocenters. The third kappa shape index (κ3) is 161. The Kier molecular flexibility index (Phi) is 127. The molecular formula is C66H120BBr4NaNiO7P-. The quantitative estimate of drug-likeness (QED) is 0.00675. The van der Waals surface area contributed by atoms with Gasteiger partial charge in [-0.05, 0) is 143 Å². The van der Waals surface area contributed by atoms with Gasteiger partial charge < -0.3 is 27.5 Å². The van der Waals surface area contributed by atoms with E-state index in [4.69, 9.17) is 30.9 Å². The predicted octanol–water partition coefficient (Wildman–Crippen LogP) is 17.5. The average Bonchev–Trinajstić information content (AvgIpc) is 3.42. The van der Waals surface area contributed by atoms with E-state index >= 15 is 0 Å². The van der Waals surface area contributed by atoms with E-state index in [1.165, 1.54) is 77.0 Å². The molecule has 0 radical (unpaired) electrons. The van der Waals surface area contributed by atoms with Crippen molar-refractivity contribution < 1.29 is 86.0 Å². The third-order valence-electron chi connectivity index (χ3n) is 9.67. The number of hydrogen-bond donors (Lipinski definition) is 3. The molecule has 7 nitrogen and oxygen atoms in total. The zero-order valence-corrected chi connectivity index (χ0v) is 61.7. The molecule has 4 unspecified atom stereocenters. The van der Waals surface area contributed by atoms with Crippen LogP contribution in [0.1, 0.15) is 292 Å². The molecule has 3 N–H and O–H groups in total. The Hall–Kier alpha value is -0.282. The fourth-order valence-corrected chi connectivity index (χ4v) is 5.88. The zero-order valence-electron chi connectivity index (χ0n) is 59.5. The first-order chi connectivity index (χ1) is 40.5. The minimum Gasteiger partial charge on any atom is -0.481 e. The zero-order chi connectivity index (χ0) is 66.3. The summed E-state index contributed by atoms with van der Waals surface area (Å²) in [5.74, 6) is 27.0. The van der Waals surface area contributed by atoms with Gasteiger partial charge in [-0.15, -0.1) is 23.7 Å². The molecule has 0 bridgehead atoms. The van der Waals surface area contributed by atoms with Gasteiger partial charge in [0.2, 0.25) is 0 Å². The van der Waals surface area contributed by atoms with Gasteiger partial charge in [0.05, 0.1) is 22.4 Å². The summed E-state index contributed by atoms with van der Waals surface area (Å²) >= 11 is 12.5. The number of carboxylic acids is 1. The van der Waals surface area contributed by atoms with Crippen molar-refractivity contribution in [1.29, 1.82) is 5.34 Å². The van der Waals surface area contributed by atoms with Crippen LogP contribution in [0.4, 0.5) is 0 Å². The van der Waals surface area contributed by atoms with E-state index in [0.29, 0.717) is 25.7 Å². The number of esters is 1. The number of aliphatic carboxylic acids is 1. The normalized spacial score (nSPS) is 11.8. The van der Waals surface area contributed by atoms with Crippen molar-refractivity contribution in [3.63, 3.8) is 0 Å². The van der Waals surface area contributed by atoms with Gasteiger partial charge in [0.1, 0.15) is 10.6 Å². The molecule has 0 rings (SSSR count). The van der Waals surface area contributed by atoms with Crippen molar-refractivity contribution in [1.82, 2.24) is 0 Å². The topological polar surface area (TPSA) is 121 Å². The molecule has 0 aromatic heterocycles. The molecule has 0 aromatic rings. The number of aldehydes is 1. The summed E-state index contributed by atoms with van der Waals surface area (Å²) < 4.78 is 57.9. The van der Waals surface area contributed by atoms with Gasteiger partial charge in [-0.1, -0.05) is 223 Å². The molecule has 474 valence electrons. The second-order valence-electron chi connectivity index (χ2n) is 16.8. The maximum Gasteiger partial charge on any atom is 1.00 e. The Morgan fingerprint density at radius 2 is 0.889 bits per heavy atom. The van der Waals surface area contributed by atoms with E-state index in [-0.39, 0.29) is 83.9 Å². The van der Waals surface area contributed by atoms with Gasteiger partial charge in [0.15, 0.2) is 6.29 Å². The number of hydrogen-bond acceptors (Lipinski definition) is 6. The van der Waals surface area contributed by atoms with Gasteiger partial charge in [-0.2, -0.15) is 0 Å². The number of aliphatic hydroxyl groups excluding tert-OH is 2. The molecule has 0 heterocycles. The number of carbonyl (C=O) groups is 3. The van der Waals surface area contributed by atoms with E-state index in [1.807, 2.05) is 19.1 Å². The first kappa shape index (κ1) is 87.2. The van der Waals surface area contributed by atoms with E-state index < -0.39 is 32.5 Å². The minimum atomic E-state index is -3.00. The van der Waals surface area contributed by atoms with Crippen LogP contribution in [0.5, 0.6) is 0 Å². The van der Waals surface area contributed by atoms with Gasteiger partial charge in [-0.3, -0.25) is 14.4 Å². The van der Waals surface area contributed by atoms with Gasteiger partial charge in [0.25, 0.3) is 0 Å². The molecule has 15 heteroatoms. The van der Waals surface area contributed by atoms with Crippen LogP contribution >= 0.6 is 66.4 Å². The minimum absolute atomic E-state index is 0. The number of rotatable bonds is 34. The molecule has 0 aliphatic heterocycles. The largest absolute Gasteiger partial charge is 1.00 e. The number of carbonyl (C=O) groups excluding carboxylic acids is 2. The number of allylic oxidation sites excluding steroid dienone is 4. The van der Waals surface area contributed by atoms with Crippen LogP contribution in [0, 0.1) is 66.6 Å². The number of ether oxygens (including phenoxy) is 1. The summed E-state index contributed by atoms with van der Waals surface area (Å²) in [6.07, 6.45) is 43.8. The van der Waals surface area contributed by atoms with Crippen molar-refractivity contribution in [2.45, 2.75) is 287 Å². The van der Waals surface area contributed by atoms with Crippen LogP contribution in [0.2, 0.25) is 0 Å². The maximum absolute atomic E-state index is 11.1. The number of unbranched alkanes of at least 4 members (excludes halogenated alkanes) is 25. The summed E-state index contributed by atoms with van der Waals surface area (Å²) in [5, 5.41) is 24.1. The van der Waals surface area contributed by atoms with E-state index in [2.05, 4.69) is 168 Å². The SMILES string of the molecule is BrP(Br)Br.C.CCCCCC#CC=O.CCO.[2H]C(/C=C\CCCCC)/C=C\CCCCCCCC(=O)O.[2H]C(Br)C#CCCCCC.[2H]C(C#CCCCCC)C#CCCCCCCCC(=O)OCC.[2H]C(O)C#CCCCCC.[2H][B-]([2H])([2H])[2H].[CH3-].[Na+].[Ni]. The fraction of sp³-hybridized carbons (Fsp3) is 0.727. The third-order valence-corrected chi connectivity index (χ3v) is 9.90. The van der Waals surface area contributed by atoms with Crippen LogP contribution in [0.25, 0.3) is 0 Å². The Bertz CT molecular complexity index is 1770. The van der Waals surface area contributed by atoms with E-state index in [0.717, 1.165) is 128 Å². The van der Waals surface area contributed by atoms with Gasteiger partial charge >= 0.3 is 41.5 Å². The second kappa shape index (κ2) is 118. The standard InChI is InChI=1S/C20H32O2.C18H32O2.C8H13Br.C8H14O.C8H12O.C2H6O.CH4.CH3.BH4.Br3P.Na.Ni/c1-3-5-6-7-8-9-10-11-12-13-14-15-16-17-18-19-20(21)22-4-2;1-2-3-4-5-6-7-8-9-10-11-12-13-14-15-16-17-18(19)20;3*1-2-3-4-5-6-7-8-9;1-2-3;;;;1-4(2)3;;/h3-7,10,13-19H2,1-2H3;6-7,9-10H,2-5,8,11-17H2,1H3,(H,19,20);2-5,8H2,1H3;9H,2-5,8H2,1H3;8H,2-5H2,1H3;3H,2H2,1H3;1H4;1H3;1H4;;;/q;;;;;;;2*-1;;+1;/b;7-6-,10-9-;;;;;;;;;;/i10D;3*8D;;;;;1D4;;;. The molecule has 0 amide bonds. The monoisotopic (exact) mass is 1470 g/mol. The molecule has 0 aromatic carbocycles. The molecule has 0 aliphatic rings. The van der Waals surface area contributed by atoms with Gasteiger partial charge in [-0.25, -0.2) is 5.34 Å². The van der Waals surface area contributed by atoms with Crippen LogP contribution < -0.4 is 29.6 Å². The number of halogens is 4. The molecule has 0 saturated heterocycles. The fourth-order valence-electron chi connectivity index (χ4n) is 5.72. The summed E-state index contributed by atoms with van der Waals surface area (Å²) in [6, 6.07) is 0. The average molecular weight is 1480 g/mol.